The molecular formula is C12H11ClF3N3O2. The van der Waals surface area contributed by atoms with Gasteiger partial charge >= 0.3 is 6.18 Å². The molecule has 1 fully saturated rings. The second kappa shape index (κ2) is 5.88. The highest BCUT2D eigenvalue weighted by molar-refractivity contribution is 6.30. The van der Waals surface area contributed by atoms with E-state index in [1.807, 2.05) is 0 Å². The smallest absolute Gasteiger partial charge is 0.339 e. The van der Waals surface area contributed by atoms with E-state index in [0.717, 1.165) is 0 Å². The Labute approximate surface area is 123 Å². The number of hydrogen-bond donors (Lipinski definition) is 1. The molecule has 1 aliphatic rings. The largest absolute Gasteiger partial charge is 0.406 e. The van der Waals surface area contributed by atoms with Crippen molar-refractivity contribution in [2.45, 2.75) is 18.6 Å². The van der Waals surface area contributed by atoms with Crippen molar-refractivity contribution >= 4 is 23.4 Å². The van der Waals surface area contributed by atoms with Crippen LogP contribution in [0.3, 0.4) is 0 Å². The maximum absolute atomic E-state index is 12.3. The summed E-state index contributed by atoms with van der Waals surface area (Å²) in [7, 11) is 0. The number of carbonyl (C=O) groups is 2. The Morgan fingerprint density at radius 1 is 1.52 bits per heavy atom. The van der Waals surface area contributed by atoms with Crippen molar-refractivity contribution in [2.75, 3.05) is 13.1 Å². The molecule has 0 unspecified atom stereocenters. The number of pyridine rings is 1. The summed E-state index contributed by atoms with van der Waals surface area (Å²) >= 11 is 5.71. The number of nitrogens with zero attached hydrogens (tertiary/aromatic N) is 2. The molecule has 0 spiro atoms. The van der Waals surface area contributed by atoms with Crippen LogP contribution < -0.4 is 5.32 Å². The van der Waals surface area contributed by atoms with E-state index in [-0.39, 0.29) is 18.7 Å². The zero-order valence-corrected chi connectivity index (χ0v) is 11.4. The summed E-state index contributed by atoms with van der Waals surface area (Å²) in [5.41, 5.74) is 0.00423. The van der Waals surface area contributed by atoms with Crippen LogP contribution in [0.15, 0.2) is 18.3 Å². The molecule has 0 bridgehead atoms. The lowest BCUT2D eigenvalue weighted by atomic mass is 10.2. The summed E-state index contributed by atoms with van der Waals surface area (Å²) in [4.78, 5) is 28.1. The number of amides is 2. The second-order valence-corrected chi connectivity index (χ2v) is 4.99. The number of rotatable bonds is 3. The third kappa shape index (κ3) is 4.07. The lowest BCUT2D eigenvalue weighted by Crippen LogP contribution is -2.44. The Kier molecular flexibility index (Phi) is 4.36. The average Bonchev–Trinajstić information content (AvgIpc) is 2.69. The summed E-state index contributed by atoms with van der Waals surface area (Å²) in [6.45, 7) is -1.36. The third-order valence-corrected chi connectivity index (χ3v) is 3.16. The van der Waals surface area contributed by atoms with Crippen molar-refractivity contribution in [2.24, 2.45) is 0 Å². The van der Waals surface area contributed by atoms with E-state index < -0.39 is 30.6 Å². The summed E-state index contributed by atoms with van der Waals surface area (Å²) in [6.07, 6.45) is -3.01. The average molecular weight is 322 g/mol. The molecule has 1 saturated heterocycles. The highest BCUT2D eigenvalue weighted by atomic mass is 35.5. The number of halogens is 4. The van der Waals surface area contributed by atoms with E-state index in [9.17, 15) is 22.8 Å². The molecular weight excluding hydrogens is 311 g/mol. The molecule has 114 valence electrons. The van der Waals surface area contributed by atoms with Gasteiger partial charge in [0.2, 0.25) is 5.91 Å². The van der Waals surface area contributed by atoms with Crippen LogP contribution in [-0.2, 0) is 4.79 Å². The van der Waals surface area contributed by atoms with Crippen LogP contribution in [0.1, 0.15) is 16.9 Å². The third-order valence-electron chi connectivity index (χ3n) is 2.93. The lowest BCUT2D eigenvalue weighted by Gasteiger charge is -2.18. The monoisotopic (exact) mass is 321 g/mol. The Balaban J connectivity index is 1.98. The summed E-state index contributed by atoms with van der Waals surface area (Å²) in [6, 6.07) is 1.81. The number of aromatic nitrogens is 1. The number of nitrogens with one attached hydrogen (secondary N) is 1. The molecule has 1 aromatic rings. The van der Waals surface area contributed by atoms with Crippen molar-refractivity contribution in [1.82, 2.24) is 15.2 Å². The Hall–Kier alpha value is -1.83. The fourth-order valence-corrected chi connectivity index (χ4v) is 2.17. The number of likely N-dealkylation sites (tertiary alicyclic amines) is 1. The molecule has 1 aromatic heterocycles. The van der Waals surface area contributed by atoms with Gasteiger partial charge in [-0.05, 0) is 18.6 Å². The van der Waals surface area contributed by atoms with Crippen LogP contribution in [0.5, 0.6) is 0 Å². The van der Waals surface area contributed by atoms with Gasteiger partial charge in [0.1, 0.15) is 18.3 Å². The predicted octanol–water partition coefficient (Wildman–Crippen LogP) is 1.63. The van der Waals surface area contributed by atoms with E-state index in [1.54, 1.807) is 0 Å². The minimum Gasteiger partial charge on any atom is -0.339 e. The van der Waals surface area contributed by atoms with Crippen molar-refractivity contribution < 1.29 is 22.8 Å². The van der Waals surface area contributed by atoms with Gasteiger partial charge in [0.25, 0.3) is 5.91 Å². The maximum Gasteiger partial charge on any atom is 0.406 e. The predicted molar refractivity (Wildman–Crippen MR) is 67.8 cm³/mol. The Morgan fingerprint density at radius 2 is 2.24 bits per heavy atom. The molecule has 0 radical (unpaired) electrons. The molecule has 2 rings (SSSR count). The zero-order valence-electron chi connectivity index (χ0n) is 10.7. The van der Waals surface area contributed by atoms with Gasteiger partial charge in [-0.15, -0.1) is 0 Å². The van der Waals surface area contributed by atoms with Crippen molar-refractivity contribution in [3.63, 3.8) is 0 Å². The molecule has 1 N–H and O–H groups in total. The Morgan fingerprint density at radius 3 is 2.86 bits per heavy atom. The van der Waals surface area contributed by atoms with Gasteiger partial charge in [0.05, 0.1) is 0 Å². The first-order chi connectivity index (χ1) is 9.76. The fraction of sp³-hybridized carbons (Fsp3) is 0.417. The number of hydrogen-bond acceptors (Lipinski definition) is 3. The molecule has 1 aliphatic heterocycles. The van der Waals surface area contributed by atoms with Crippen molar-refractivity contribution in [3.8, 4) is 0 Å². The highest BCUT2D eigenvalue weighted by Crippen LogP contribution is 2.21. The fourth-order valence-electron chi connectivity index (χ4n) is 2.01. The first kappa shape index (κ1) is 15.6. The van der Waals surface area contributed by atoms with Gasteiger partial charge in [-0.25, -0.2) is 0 Å². The van der Waals surface area contributed by atoms with Gasteiger partial charge in [-0.1, -0.05) is 11.6 Å². The van der Waals surface area contributed by atoms with E-state index in [4.69, 9.17) is 11.6 Å². The van der Waals surface area contributed by atoms with Crippen LogP contribution in [0.25, 0.3) is 0 Å². The van der Waals surface area contributed by atoms with Gasteiger partial charge in [-0.3, -0.25) is 14.6 Å². The number of alkyl halides is 3. The van der Waals surface area contributed by atoms with Gasteiger partial charge in [0.15, 0.2) is 0 Å². The molecule has 5 nitrogen and oxygen atoms in total. The molecule has 0 aromatic carbocycles. The highest BCUT2D eigenvalue weighted by Gasteiger charge is 2.39. The molecule has 2 amide bonds. The zero-order chi connectivity index (χ0) is 15.6. The van der Waals surface area contributed by atoms with Gasteiger partial charge in [-0.2, -0.15) is 13.2 Å². The lowest BCUT2D eigenvalue weighted by molar-refractivity contribution is -0.157. The standard InChI is InChI=1S/C12H11ClF3N3O2/c13-7-1-3-17-9(5-7)10(20)18-8-2-4-19(11(8)21)6-12(14,15)16/h1,3,5,8H,2,4,6H2,(H,18,20)/t8-/m0/s1. The van der Waals surface area contributed by atoms with E-state index in [1.165, 1.54) is 18.3 Å². The van der Waals surface area contributed by atoms with Crippen LogP contribution in [-0.4, -0.2) is 47.0 Å². The minimum absolute atomic E-state index is 0.00423. The molecule has 0 saturated carbocycles. The van der Waals surface area contributed by atoms with Gasteiger partial charge in [0, 0.05) is 17.8 Å². The van der Waals surface area contributed by atoms with Crippen LogP contribution in [0.2, 0.25) is 5.02 Å². The SMILES string of the molecule is O=C(N[C@H]1CCN(CC(F)(F)F)C1=O)c1cc(Cl)ccn1. The molecule has 1 atom stereocenters. The van der Waals surface area contributed by atoms with Crippen LogP contribution >= 0.6 is 11.6 Å². The van der Waals surface area contributed by atoms with Crippen LogP contribution in [0.4, 0.5) is 13.2 Å². The normalized spacial score (nSPS) is 19.0. The number of carbonyl (C=O) groups excluding carboxylic acids is 2. The van der Waals surface area contributed by atoms with Crippen molar-refractivity contribution in [1.29, 1.82) is 0 Å². The van der Waals surface area contributed by atoms with Gasteiger partial charge < -0.3 is 10.2 Å². The summed E-state index contributed by atoms with van der Waals surface area (Å²) < 4.78 is 36.8. The molecule has 2 heterocycles. The van der Waals surface area contributed by atoms with Crippen LogP contribution in [0, 0.1) is 0 Å². The minimum atomic E-state index is -4.46. The Bertz CT molecular complexity index is 565. The van der Waals surface area contributed by atoms with E-state index >= 15 is 0 Å². The first-order valence-electron chi connectivity index (χ1n) is 6.04. The molecule has 21 heavy (non-hydrogen) atoms. The topological polar surface area (TPSA) is 62.3 Å². The first-order valence-corrected chi connectivity index (χ1v) is 6.42. The van der Waals surface area contributed by atoms with E-state index in [0.29, 0.717) is 9.92 Å². The summed E-state index contributed by atoms with van der Waals surface area (Å²) in [5, 5.41) is 2.67. The quantitative estimate of drug-likeness (QED) is 0.920. The summed E-state index contributed by atoms with van der Waals surface area (Å²) in [5.74, 6) is -1.40. The van der Waals surface area contributed by atoms with E-state index in [2.05, 4.69) is 10.3 Å². The second-order valence-electron chi connectivity index (χ2n) is 4.55. The molecule has 9 heteroatoms. The van der Waals surface area contributed by atoms with Crippen molar-refractivity contribution in [3.05, 3.63) is 29.0 Å². The maximum atomic E-state index is 12.3. The molecule has 0 aliphatic carbocycles.